The second kappa shape index (κ2) is 3.23. The topological polar surface area (TPSA) is 32.3 Å². The summed E-state index contributed by atoms with van der Waals surface area (Å²) in [7, 11) is 0. The highest BCUT2D eigenvalue weighted by Gasteiger charge is 2.47. The van der Waals surface area contributed by atoms with Gasteiger partial charge in [-0.3, -0.25) is 4.79 Å². The van der Waals surface area contributed by atoms with Gasteiger partial charge in [0.25, 0.3) is 0 Å². The Kier molecular flexibility index (Phi) is 2.01. The van der Waals surface area contributed by atoms with E-state index in [9.17, 15) is 4.79 Å². The number of nitrogens with zero attached hydrogens (tertiary/aromatic N) is 1. The van der Waals surface area contributed by atoms with E-state index in [4.69, 9.17) is 0 Å². The van der Waals surface area contributed by atoms with Crippen molar-refractivity contribution in [1.82, 2.24) is 10.2 Å². The molecule has 14 heavy (non-hydrogen) atoms. The molecule has 3 atom stereocenters. The molecule has 3 nitrogen and oxygen atoms in total. The molecule has 1 saturated carbocycles. The van der Waals surface area contributed by atoms with Crippen LogP contribution in [0.5, 0.6) is 0 Å². The number of likely N-dealkylation sites (tertiary alicyclic amines) is 1. The fourth-order valence-electron chi connectivity index (χ4n) is 2.86. The summed E-state index contributed by atoms with van der Waals surface area (Å²) in [6.07, 6.45) is 4.87. The Morgan fingerprint density at radius 2 is 2.00 bits per heavy atom. The Bertz CT molecular complexity index is 234. The van der Waals surface area contributed by atoms with Gasteiger partial charge in [0, 0.05) is 13.1 Å². The molecule has 1 N–H and O–H groups in total. The van der Waals surface area contributed by atoms with Crippen molar-refractivity contribution >= 4 is 5.91 Å². The van der Waals surface area contributed by atoms with Gasteiger partial charge in [-0.15, -0.1) is 0 Å². The molecule has 1 amide bonds. The first kappa shape index (κ1) is 8.72. The van der Waals surface area contributed by atoms with Gasteiger partial charge >= 0.3 is 0 Å². The van der Waals surface area contributed by atoms with Crippen LogP contribution >= 0.6 is 0 Å². The van der Waals surface area contributed by atoms with Crippen LogP contribution in [0.15, 0.2) is 0 Å². The van der Waals surface area contributed by atoms with Crippen molar-refractivity contribution in [3.63, 3.8) is 0 Å². The van der Waals surface area contributed by atoms with Crippen molar-refractivity contribution < 1.29 is 4.79 Å². The van der Waals surface area contributed by atoms with Gasteiger partial charge in [0.15, 0.2) is 0 Å². The van der Waals surface area contributed by atoms with Crippen molar-refractivity contribution in [3.8, 4) is 0 Å². The van der Waals surface area contributed by atoms with Crippen LogP contribution in [-0.4, -0.2) is 36.5 Å². The molecule has 3 rings (SSSR count). The van der Waals surface area contributed by atoms with Gasteiger partial charge in [-0.2, -0.15) is 0 Å². The summed E-state index contributed by atoms with van der Waals surface area (Å²) in [6, 6.07) is 0.140. The normalized spacial score (nSPS) is 40.9. The number of hydrogen-bond donors (Lipinski definition) is 1. The number of carbonyl (C=O) groups excluding carboxylic acids is 1. The number of fused-ring (bicyclic) bond motifs is 1. The van der Waals surface area contributed by atoms with Gasteiger partial charge in [0.05, 0.1) is 6.04 Å². The van der Waals surface area contributed by atoms with Crippen molar-refractivity contribution in [1.29, 1.82) is 0 Å². The van der Waals surface area contributed by atoms with Crippen LogP contribution in [0.1, 0.15) is 25.7 Å². The molecule has 0 spiro atoms. The molecule has 0 aromatic carbocycles. The van der Waals surface area contributed by atoms with Crippen molar-refractivity contribution in [2.45, 2.75) is 31.7 Å². The van der Waals surface area contributed by atoms with Crippen LogP contribution in [-0.2, 0) is 4.79 Å². The molecule has 0 aromatic rings. The molecule has 0 aromatic heterocycles. The molecule has 0 radical (unpaired) electrons. The van der Waals surface area contributed by atoms with Crippen molar-refractivity contribution in [2.24, 2.45) is 11.8 Å². The predicted molar refractivity (Wildman–Crippen MR) is 53.8 cm³/mol. The number of rotatable bonds is 1. The minimum absolute atomic E-state index is 0.140. The van der Waals surface area contributed by atoms with Crippen molar-refractivity contribution in [3.05, 3.63) is 0 Å². The second-order valence-corrected chi connectivity index (χ2v) is 5.00. The Labute approximate surface area is 84.8 Å². The zero-order chi connectivity index (χ0) is 9.54. The Hall–Kier alpha value is -0.570. The zero-order valence-electron chi connectivity index (χ0n) is 8.54. The smallest absolute Gasteiger partial charge is 0.239 e. The summed E-state index contributed by atoms with van der Waals surface area (Å²) in [5.41, 5.74) is 0. The minimum Gasteiger partial charge on any atom is -0.341 e. The fourth-order valence-corrected chi connectivity index (χ4v) is 2.86. The van der Waals surface area contributed by atoms with Gasteiger partial charge < -0.3 is 10.2 Å². The molecular formula is C11H18N2O. The van der Waals surface area contributed by atoms with Crippen molar-refractivity contribution in [2.75, 3.05) is 19.6 Å². The molecule has 3 heteroatoms. The van der Waals surface area contributed by atoms with Gasteiger partial charge in [-0.1, -0.05) is 6.42 Å². The lowest BCUT2D eigenvalue weighted by atomic mass is 10.0. The summed E-state index contributed by atoms with van der Waals surface area (Å²) in [5.74, 6) is 2.10. The first-order valence-corrected chi connectivity index (χ1v) is 5.87. The van der Waals surface area contributed by atoms with E-state index in [-0.39, 0.29) is 6.04 Å². The van der Waals surface area contributed by atoms with E-state index < -0.39 is 0 Å². The van der Waals surface area contributed by atoms with Crippen LogP contribution < -0.4 is 5.32 Å². The summed E-state index contributed by atoms with van der Waals surface area (Å²) >= 11 is 0. The van der Waals surface area contributed by atoms with E-state index in [0.29, 0.717) is 5.91 Å². The quantitative estimate of drug-likeness (QED) is 0.663. The highest BCUT2D eigenvalue weighted by Crippen LogP contribution is 2.45. The number of amides is 1. The van der Waals surface area contributed by atoms with Crippen LogP contribution in [0, 0.1) is 11.8 Å². The van der Waals surface area contributed by atoms with E-state index in [1.807, 2.05) is 0 Å². The molecule has 2 unspecified atom stereocenters. The largest absolute Gasteiger partial charge is 0.341 e. The Morgan fingerprint density at radius 1 is 1.21 bits per heavy atom. The van der Waals surface area contributed by atoms with Gasteiger partial charge in [-0.25, -0.2) is 0 Å². The summed E-state index contributed by atoms with van der Waals surface area (Å²) in [5, 5.41) is 3.33. The van der Waals surface area contributed by atoms with Crippen LogP contribution in [0.4, 0.5) is 0 Å². The first-order valence-electron chi connectivity index (χ1n) is 5.87. The maximum atomic E-state index is 12.0. The second-order valence-electron chi connectivity index (χ2n) is 5.00. The highest BCUT2D eigenvalue weighted by atomic mass is 16.2. The lowest BCUT2D eigenvalue weighted by Gasteiger charge is -2.28. The molecular weight excluding hydrogens is 176 g/mol. The molecule has 2 aliphatic heterocycles. The number of hydrogen-bond acceptors (Lipinski definition) is 2. The third kappa shape index (κ3) is 1.44. The lowest BCUT2D eigenvalue weighted by molar-refractivity contribution is -0.133. The molecule has 2 saturated heterocycles. The Balaban J connectivity index is 1.58. The van der Waals surface area contributed by atoms with E-state index in [1.165, 1.54) is 19.3 Å². The van der Waals surface area contributed by atoms with E-state index in [1.54, 1.807) is 0 Å². The summed E-state index contributed by atoms with van der Waals surface area (Å²) in [6.45, 7) is 3.11. The standard InChI is InChI=1S/C11H18N2O/c14-11(10-3-1-2-4-12-10)13-6-8-5-9(8)7-13/h8-10,12H,1-7H2/t8?,9?,10-/m1/s1. The maximum Gasteiger partial charge on any atom is 0.239 e. The lowest BCUT2D eigenvalue weighted by Crippen LogP contribution is -2.48. The average Bonchev–Trinajstić information content (AvgIpc) is 2.86. The van der Waals surface area contributed by atoms with E-state index in [2.05, 4.69) is 10.2 Å². The summed E-state index contributed by atoms with van der Waals surface area (Å²) < 4.78 is 0. The maximum absolute atomic E-state index is 12.0. The third-order valence-electron chi connectivity index (χ3n) is 3.90. The summed E-state index contributed by atoms with van der Waals surface area (Å²) in [4.78, 5) is 14.1. The zero-order valence-corrected chi connectivity index (χ0v) is 8.54. The molecule has 0 bridgehead atoms. The van der Waals surface area contributed by atoms with Crippen LogP contribution in [0.3, 0.4) is 0 Å². The highest BCUT2D eigenvalue weighted by molar-refractivity contribution is 5.82. The monoisotopic (exact) mass is 194 g/mol. The average molecular weight is 194 g/mol. The molecule has 3 aliphatic rings. The number of nitrogens with one attached hydrogen (secondary N) is 1. The first-order chi connectivity index (χ1) is 6.84. The van der Waals surface area contributed by atoms with Crippen LogP contribution in [0.2, 0.25) is 0 Å². The minimum atomic E-state index is 0.140. The fraction of sp³-hybridized carbons (Fsp3) is 0.909. The Morgan fingerprint density at radius 3 is 2.64 bits per heavy atom. The molecule has 78 valence electrons. The van der Waals surface area contributed by atoms with Crippen LogP contribution in [0.25, 0.3) is 0 Å². The van der Waals surface area contributed by atoms with E-state index in [0.717, 1.165) is 37.9 Å². The number of carbonyl (C=O) groups is 1. The van der Waals surface area contributed by atoms with Gasteiger partial charge in [-0.05, 0) is 37.6 Å². The third-order valence-corrected chi connectivity index (χ3v) is 3.90. The molecule has 1 aliphatic carbocycles. The van der Waals surface area contributed by atoms with Gasteiger partial charge in [0.1, 0.15) is 0 Å². The molecule has 3 fully saturated rings. The number of piperidine rings is 2. The molecule has 2 heterocycles. The van der Waals surface area contributed by atoms with Gasteiger partial charge in [0.2, 0.25) is 5.91 Å². The SMILES string of the molecule is O=C([C@H]1CCCCN1)N1CC2CC2C1. The predicted octanol–water partition coefficient (Wildman–Crippen LogP) is 0.607. The van der Waals surface area contributed by atoms with E-state index >= 15 is 0 Å².